The zero-order valence-corrected chi connectivity index (χ0v) is 17.9. The van der Waals surface area contributed by atoms with Gasteiger partial charge < -0.3 is 29.2 Å². The molecule has 0 saturated carbocycles. The molecule has 2 N–H and O–H groups in total. The molecule has 1 aliphatic heterocycles. The van der Waals surface area contributed by atoms with Crippen LogP contribution in [0, 0.1) is 0 Å². The maximum Gasteiger partial charge on any atom is 0.204 e. The molecular weight excluding hydrogens is 396 g/mol. The van der Waals surface area contributed by atoms with Crippen molar-refractivity contribution in [2.45, 2.75) is 19.3 Å². The van der Waals surface area contributed by atoms with Crippen LogP contribution in [0.15, 0.2) is 45.6 Å². The Kier molecular flexibility index (Phi) is 6.04. The molecule has 1 fully saturated rings. The lowest BCUT2D eigenvalue weighted by molar-refractivity contribution is 0.234. The normalized spacial score (nSPS) is 14.6. The van der Waals surface area contributed by atoms with Gasteiger partial charge in [0.05, 0.1) is 7.11 Å². The molecular formula is C24H28N2O5. The quantitative estimate of drug-likeness (QED) is 0.622. The number of anilines is 1. The SMILES string of the molecule is COc1c(O)cc(O)c2c(=O)cc(-c3ccc(N(C)CCN4CCCCC4)cc3)oc12. The van der Waals surface area contributed by atoms with Gasteiger partial charge in [0.25, 0.3) is 0 Å². The molecule has 7 heteroatoms. The van der Waals surface area contributed by atoms with Crippen LogP contribution < -0.4 is 15.1 Å². The first-order valence-corrected chi connectivity index (χ1v) is 10.6. The number of phenols is 2. The lowest BCUT2D eigenvalue weighted by atomic mass is 10.1. The predicted molar refractivity (Wildman–Crippen MR) is 121 cm³/mol. The van der Waals surface area contributed by atoms with E-state index in [4.69, 9.17) is 9.15 Å². The van der Waals surface area contributed by atoms with Gasteiger partial charge in [0, 0.05) is 43.5 Å². The number of piperidine rings is 1. The summed E-state index contributed by atoms with van der Waals surface area (Å²) in [6.07, 6.45) is 3.91. The van der Waals surface area contributed by atoms with Crippen LogP contribution in [0.5, 0.6) is 17.2 Å². The minimum atomic E-state index is -0.408. The number of benzene rings is 2. The molecule has 1 aromatic heterocycles. The van der Waals surface area contributed by atoms with Crippen molar-refractivity contribution < 1.29 is 19.4 Å². The molecule has 2 aromatic carbocycles. The fourth-order valence-electron chi connectivity index (χ4n) is 4.10. The van der Waals surface area contributed by atoms with E-state index >= 15 is 0 Å². The number of ether oxygens (including phenoxy) is 1. The average molecular weight is 424 g/mol. The minimum absolute atomic E-state index is 0.0146. The topological polar surface area (TPSA) is 86.4 Å². The molecule has 2 heterocycles. The molecule has 4 rings (SSSR count). The monoisotopic (exact) mass is 424 g/mol. The first kappa shape index (κ1) is 21.1. The van der Waals surface area contributed by atoms with Crippen molar-refractivity contribution in [2.24, 2.45) is 0 Å². The molecule has 0 aliphatic carbocycles. The van der Waals surface area contributed by atoms with E-state index in [1.807, 2.05) is 24.3 Å². The number of rotatable bonds is 6. The van der Waals surface area contributed by atoms with Gasteiger partial charge >= 0.3 is 0 Å². The Balaban J connectivity index is 1.58. The average Bonchev–Trinajstić information content (AvgIpc) is 2.78. The Bertz CT molecular complexity index is 1120. The molecule has 1 saturated heterocycles. The minimum Gasteiger partial charge on any atom is -0.507 e. The second-order valence-corrected chi connectivity index (χ2v) is 8.00. The molecule has 0 atom stereocenters. The molecule has 7 nitrogen and oxygen atoms in total. The summed E-state index contributed by atoms with van der Waals surface area (Å²) in [5.41, 5.74) is 1.41. The van der Waals surface area contributed by atoms with Gasteiger partial charge in [0.1, 0.15) is 16.9 Å². The Hall–Kier alpha value is -3.19. The third-order valence-corrected chi connectivity index (χ3v) is 5.91. The van der Waals surface area contributed by atoms with Gasteiger partial charge in [-0.15, -0.1) is 0 Å². The number of hydrogen-bond donors (Lipinski definition) is 2. The highest BCUT2D eigenvalue weighted by molar-refractivity contribution is 5.91. The number of phenolic OH excluding ortho intramolecular Hbond substituents is 2. The molecule has 3 aromatic rings. The molecule has 0 bridgehead atoms. The Labute approximate surface area is 181 Å². The number of likely N-dealkylation sites (N-methyl/N-ethyl adjacent to an activating group) is 1. The van der Waals surface area contributed by atoms with E-state index < -0.39 is 5.43 Å². The predicted octanol–water partition coefficient (Wildman–Crippen LogP) is 3.80. The highest BCUT2D eigenvalue weighted by Crippen LogP contribution is 2.40. The molecule has 0 radical (unpaired) electrons. The summed E-state index contributed by atoms with van der Waals surface area (Å²) in [7, 11) is 3.44. The Morgan fingerprint density at radius 1 is 1.06 bits per heavy atom. The number of hydrogen-bond acceptors (Lipinski definition) is 7. The summed E-state index contributed by atoms with van der Waals surface area (Å²) in [4.78, 5) is 17.3. The zero-order valence-electron chi connectivity index (χ0n) is 17.9. The maximum atomic E-state index is 12.6. The summed E-state index contributed by atoms with van der Waals surface area (Å²) >= 11 is 0. The molecule has 0 amide bonds. The largest absolute Gasteiger partial charge is 0.507 e. The first-order valence-electron chi connectivity index (χ1n) is 10.6. The van der Waals surface area contributed by atoms with E-state index in [2.05, 4.69) is 16.8 Å². The van der Waals surface area contributed by atoms with Gasteiger partial charge in [-0.2, -0.15) is 0 Å². The van der Waals surface area contributed by atoms with E-state index in [1.165, 1.54) is 45.5 Å². The van der Waals surface area contributed by atoms with Gasteiger partial charge in [0.15, 0.2) is 16.8 Å². The summed E-state index contributed by atoms with van der Waals surface area (Å²) in [5, 5.41) is 20.1. The first-order chi connectivity index (χ1) is 15.0. The van der Waals surface area contributed by atoms with E-state index in [1.54, 1.807) is 0 Å². The molecule has 0 spiro atoms. The third kappa shape index (κ3) is 4.32. The van der Waals surface area contributed by atoms with Crippen molar-refractivity contribution in [1.29, 1.82) is 0 Å². The number of aromatic hydroxyl groups is 2. The van der Waals surface area contributed by atoms with Crippen LogP contribution in [0.1, 0.15) is 19.3 Å². The Morgan fingerprint density at radius 2 is 1.77 bits per heavy atom. The zero-order chi connectivity index (χ0) is 22.0. The highest BCUT2D eigenvalue weighted by atomic mass is 16.5. The smallest absolute Gasteiger partial charge is 0.204 e. The van der Waals surface area contributed by atoms with Crippen molar-refractivity contribution >= 4 is 16.7 Å². The number of nitrogens with zero attached hydrogens (tertiary/aromatic N) is 2. The lowest BCUT2D eigenvalue weighted by Gasteiger charge is -2.29. The standard InChI is InChI=1S/C24H28N2O5/c1-25(12-13-26-10-4-3-5-11-26)17-8-6-16(7-9-17)21-15-19(28)22-18(27)14-20(29)23(30-2)24(22)31-21/h6-9,14-15,27,29H,3-5,10-13H2,1-2H3. The van der Waals surface area contributed by atoms with Crippen molar-refractivity contribution in [3.63, 3.8) is 0 Å². The van der Waals surface area contributed by atoms with Crippen LogP contribution in [0.25, 0.3) is 22.3 Å². The van der Waals surface area contributed by atoms with Crippen LogP contribution in [0.3, 0.4) is 0 Å². The van der Waals surface area contributed by atoms with Crippen LogP contribution in [-0.4, -0.2) is 55.4 Å². The summed E-state index contributed by atoms with van der Waals surface area (Å²) in [6.45, 7) is 4.36. The van der Waals surface area contributed by atoms with Crippen molar-refractivity contribution in [1.82, 2.24) is 4.90 Å². The number of methoxy groups -OCH3 is 1. The molecule has 1 aliphatic rings. The maximum absolute atomic E-state index is 12.6. The van der Waals surface area contributed by atoms with Crippen molar-refractivity contribution in [3.8, 4) is 28.6 Å². The summed E-state index contributed by atoms with van der Waals surface area (Å²) in [5.74, 6) is -0.290. The second kappa shape index (κ2) is 8.89. The fourth-order valence-corrected chi connectivity index (χ4v) is 4.10. The van der Waals surface area contributed by atoms with Crippen LogP contribution in [0.4, 0.5) is 5.69 Å². The highest BCUT2D eigenvalue weighted by Gasteiger charge is 2.19. The fraction of sp³-hybridized carbons (Fsp3) is 0.375. The van der Waals surface area contributed by atoms with Gasteiger partial charge in [-0.05, 0) is 50.2 Å². The van der Waals surface area contributed by atoms with Gasteiger partial charge in [-0.1, -0.05) is 6.42 Å². The number of likely N-dealkylation sites (tertiary alicyclic amines) is 1. The van der Waals surface area contributed by atoms with Crippen molar-refractivity contribution in [3.05, 3.63) is 46.6 Å². The summed E-state index contributed by atoms with van der Waals surface area (Å²) < 4.78 is 11.1. The molecule has 31 heavy (non-hydrogen) atoms. The van der Waals surface area contributed by atoms with Gasteiger partial charge in [-0.3, -0.25) is 4.79 Å². The van der Waals surface area contributed by atoms with Crippen LogP contribution >= 0.6 is 0 Å². The van der Waals surface area contributed by atoms with Crippen molar-refractivity contribution in [2.75, 3.05) is 45.2 Å². The lowest BCUT2D eigenvalue weighted by Crippen LogP contribution is -2.36. The van der Waals surface area contributed by atoms with Crippen LogP contribution in [0.2, 0.25) is 0 Å². The second-order valence-electron chi connectivity index (χ2n) is 8.00. The third-order valence-electron chi connectivity index (χ3n) is 5.91. The Morgan fingerprint density at radius 3 is 2.45 bits per heavy atom. The van der Waals surface area contributed by atoms with E-state index in [-0.39, 0.29) is 28.2 Å². The van der Waals surface area contributed by atoms with Crippen LogP contribution in [-0.2, 0) is 0 Å². The van der Waals surface area contributed by atoms with Gasteiger partial charge in [-0.25, -0.2) is 0 Å². The van der Waals surface area contributed by atoms with E-state index in [0.29, 0.717) is 5.76 Å². The number of fused-ring (bicyclic) bond motifs is 1. The van der Waals surface area contributed by atoms with E-state index in [0.717, 1.165) is 30.4 Å². The van der Waals surface area contributed by atoms with E-state index in [9.17, 15) is 15.0 Å². The van der Waals surface area contributed by atoms with Gasteiger partial charge in [0.2, 0.25) is 5.75 Å². The molecule has 0 unspecified atom stereocenters. The molecule has 164 valence electrons. The summed E-state index contributed by atoms with van der Waals surface area (Å²) in [6, 6.07) is 10.2.